The fourth-order valence-electron chi connectivity index (χ4n) is 2.78. The van der Waals surface area contributed by atoms with E-state index in [1.807, 2.05) is 36.4 Å². The maximum Gasteiger partial charge on any atom is 0.291 e. The highest BCUT2D eigenvalue weighted by molar-refractivity contribution is 7.15. The average molecular weight is 395 g/mol. The fraction of sp³-hybridized carbons (Fsp3) is 0.150. The van der Waals surface area contributed by atoms with E-state index in [0.29, 0.717) is 26.8 Å². The summed E-state index contributed by atoms with van der Waals surface area (Å²) in [5, 5.41) is 4.37. The summed E-state index contributed by atoms with van der Waals surface area (Å²) in [6, 6.07) is 12.9. The number of hydrogen-bond donors (Lipinski definition) is 0. The largest absolute Gasteiger partial charge is 0.497 e. The lowest BCUT2D eigenvalue weighted by Crippen LogP contribution is -2.23. The number of ether oxygens (including phenoxy) is 3. The van der Waals surface area contributed by atoms with Gasteiger partial charge in [0.15, 0.2) is 17.3 Å². The van der Waals surface area contributed by atoms with Crippen LogP contribution < -0.4 is 24.3 Å². The van der Waals surface area contributed by atoms with Gasteiger partial charge in [-0.3, -0.25) is 4.79 Å². The molecule has 28 heavy (non-hydrogen) atoms. The minimum Gasteiger partial charge on any atom is -0.497 e. The Kier molecular flexibility index (Phi) is 4.70. The molecule has 4 rings (SSSR count). The van der Waals surface area contributed by atoms with Crippen LogP contribution in [0.25, 0.3) is 22.4 Å². The van der Waals surface area contributed by atoms with E-state index in [1.54, 1.807) is 33.5 Å². The van der Waals surface area contributed by atoms with Crippen molar-refractivity contribution in [1.29, 1.82) is 0 Å². The predicted octanol–water partition coefficient (Wildman–Crippen LogP) is 2.39. The van der Waals surface area contributed by atoms with E-state index in [4.69, 9.17) is 14.2 Å². The third kappa shape index (κ3) is 3.18. The van der Waals surface area contributed by atoms with E-state index in [1.165, 1.54) is 15.9 Å². The number of methoxy groups -OCH3 is 3. The van der Waals surface area contributed by atoms with Crippen LogP contribution in [0.2, 0.25) is 0 Å². The molecule has 2 heterocycles. The van der Waals surface area contributed by atoms with Gasteiger partial charge in [0.25, 0.3) is 5.56 Å². The summed E-state index contributed by atoms with van der Waals surface area (Å²) >= 11 is 1.30. The average Bonchev–Trinajstić information content (AvgIpc) is 3.27. The van der Waals surface area contributed by atoms with E-state index in [2.05, 4.69) is 10.1 Å². The monoisotopic (exact) mass is 395 g/mol. The molecule has 0 saturated carbocycles. The van der Waals surface area contributed by atoms with Crippen LogP contribution in [0.15, 0.2) is 47.3 Å². The first-order valence-corrected chi connectivity index (χ1v) is 9.22. The molecule has 7 nitrogen and oxygen atoms in total. The first-order valence-electron chi connectivity index (χ1n) is 8.40. The van der Waals surface area contributed by atoms with Crippen molar-refractivity contribution < 1.29 is 14.2 Å². The van der Waals surface area contributed by atoms with Gasteiger partial charge in [-0.25, -0.2) is 0 Å². The summed E-state index contributed by atoms with van der Waals surface area (Å²) in [4.78, 5) is 17.7. The lowest BCUT2D eigenvalue weighted by Gasteiger charge is -2.07. The Morgan fingerprint density at radius 1 is 0.964 bits per heavy atom. The molecule has 2 aromatic carbocycles. The summed E-state index contributed by atoms with van der Waals surface area (Å²) < 4.78 is 17.6. The Morgan fingerprint density at radius 2 is 1.71 bits per heavy atom. The number of thiazole rings is 1. The van der Waals surface area contributed by atoms with E-state index in [9.17, 15) is 4.79 Å². The number of hydrogen-bond acceptors (Lipinski definition) is 7. The summed E-state index contributed by atoms with van der Waals surface area (Å²) in [7, 11) is 4.76. The zero-order chi connectivity index (χ0) is 19.7. The summed E-state index contributed by atoms with van der Waals surface area (Å²) in [5.74, 6) is 2.42. The second-order valence-electron chi connectivity index (χ2n) is 5.89. The minimum absolute atomic E-state index is 0.199. The van der Waals surface area contributed by atoms with Crippen LogP contribution in [0, 0.1) is 0 Å². The number of benzene rings is 2. The minimum atomic E-state index is -0.199. The first kappa shape index (κ1) is 18.0. The van der Waals surface area contributed by atoms with Gasteiger partial charge in [-0.2, -0.15) is 9.50 Å². The molecule has 0 aliphatic heterocycles. The summed E-state index contributed by atoms with van der Waals surface area (Å²) in [6.45, 7) is 0. The van der Waals surface area contributed by atoms with Crippen molar-refractivity contribution in [3.8, 4) is 28.6 Å². The molecule has 2 aromatic heterocycles. The van der Waals surface area contributed by atoms with E-state index >= 15 is 0 Å². The van der Waals surface area contributed by atoms with Crippen molar-refractivity contribution in [1.82, 2.24) is 14.6 Å². The zero-order valence-corrected chi connectivity index (χ0v) is 16.3. The number of fused-ring (bicyclic) bond motifs is 1. The third-order valence-corrected chi connectivity index (χ3v) is 5.20. The van der Waals surface area contributed by atoms with Crippen LogP contribution in [0.4, 0.5) is 0 Å². The van der Waals surface area contributed by atoms with Crippen LogP contribution in [0.5, 0.6) is 17.2 Å². The number of aromatic nitrogens is 3. The highest BCUT2D eigenvalue weighted by Gasteiger charge is 2.14. The molecular weight excluding hydrogens is 378 g/mol. The molecule has 0 unspecified atom stereocenters. The molecule has 0 radical (unpaired) electrons. The smallest absolute Gasteiger partial charge is 0.291 e. The molecule has 0 N–H and O–H groups in total. The fourth-order valence-corrected chi connectivity index (χ4v) is 3.69. The van der Waals surface area contributed by atoms with Crippen molar-refractivity contribution >= 4 is 22.4 Å². The molecule has 0 saturated heterocycles. The maximum absolute atomic E-state index is 12.7. The molecule has 4 aromatic rings. The van der Waals surface area contributed by atoms with Gasteiger partial charge in [-0.15, -0.1) is 5.10 Å². The second-order valence-corrected chi connectivity index (χ2v) is 6.90. The van der Waals surface area contributed by atoms with Crippen molar-refractivity contribution in [2.75, 3.05) is 21.3 Å². The van der Waals surface area contributed by atoms with Crippen LogP contribution >= 0.6 is 11.3 Å². The van der Waals surface area contributed by atoms with Gasteiger partial charge in [0, 0.05) is 5.56 Å². The molecule has 0 atom stereocenters. The van der Waals surface area contributed by atoms with Crippen LogP contribution in [-0.2, 0) is 0 Å². The quantitative estimate of drug-likeness (QED) is 0.517. The van der Waals surface area contributed by atoms with Gasteiger partial charge in [0.2, 0.25) is 4.96 Å². The van der Waals surface area contributed by atoms with Gasteiger partial charge in [-0.1, -0.05) is 23.5 Å². The highest BCUT2D eigenvalue weighted by Crippen LogP contribution is 2.31. The van der Waals surface area contributed by atoms with Crippen molar-refractivity contribution in [3.05, 3.63) is 62.9 Å². The lowest BCUT2D eigenvalue weighted by molar-refractivity contribution is 0.355. The van der Waals surface area contributed by atoms with Gasteiger partial charge in [-0.05, 0) is 42.0 Å². The summed E-state index contributed by atoms with van der Waals surface area (Å²) in [6.07, 6.45) is 1.82. The molecule has 0 amide bonds. The van der Waals surface area contributed by atoms with Crippen LogP contribution in [0.3, 0.4) is 0 Å². The van der Waals surface area contributed by atoms with Crippen LogP contribution in [-0.4, -0.2) is 35.9 Å². The molecular formula is C20H17N3O4S. The van der Waals surface area contributed by atoms with Crippen LogP contribution in [0.1, 0.15) is 5.56 Å². The Bertz CT molecular complexity index is 1250. The van der Waals surface area contributed by atoms with Crippen molar-refractivity contribution in [2.24, 2.45) is 0 Å². The molecule has 142 valence electrons. The Labute approximate surface area is 164 Å². The van der Waals surface area contributed by atoms with Gasteiger partial charge in [0.05, 0.1) is 25.9 Å². The first-order chi connectivity index (χ1) is 13.6. The SMILES string of the molecule is COc1ccc(C=c2sc3nc(-c4ccc(OC)c(OC)c4)nn3c2=O)cc1. The molecule has 0 fully saturated rings. The highest BCUT2D eigenvalue weighted by atomic mass is 32.1. The standard InChI is InChI=1S/C20H17N3O4S/c1-25-14-7-4-12(5-8-14)10-17-19(24)23-20(28-17)21-18(22-23)13-6-9-15(26-2)16(11-13)27-3/h4-11H,1-3H3. The number of rotatable bonds is 5. The third-order valence-electron chi connectivity index (χ3n) is 4.24. The number of nitrogens with zero attached hydrogens (tertiary/aromatic N) is 3. The van der Waals surface area contributed by atoms with E-state index in [-0.39, 0.29) is 5.56 Å². The molecule has 0 bridgehead atoms. The van der Waals surface area contributed by atoms with Gasteiger partial charge in [0.1, 0.15) is 5.75 Å². The molecule has 0 spiro atoms. The van der Waals surface area contributed by atoms with Crippen molar-refractivity contribution in [3.63, 3.8) is 0 Å². The topological polar surface area (TPSA) is 74.9 Å². The summed E-state index contributed by atoms with van der Waals surface area (Å²) in [5.41, 5.74) is 1.45. The Balaban J connectivity index is 1.74. The molecule has 0 aliphatic carbocycles. The van der Waals surface area contributed by atoms with Crippen molar-refractivity contribution in [2.45, 2.75) is 0 Å². The van der Waals surface area contributed by atoms with Gasteiger partial charge >= 0.3 is 0 Å². The maximum atomic E-state index is 12.7. The molecule has 8 heteroatoms. The molecule has 0 aliphatic rings. The van der Waals surface area contributed by atoms with E-state index in [0.717, 1.165) is 16.9 Å². The predicted molar refractivity (Wildman–Crippen MR) is 107 cm³/mol. The normalized spacial score (nSPS) is 11.8. The second kappa shape index (κ2) is 7.32. The Morgan fingerprint density at radius 3 is 2.36 bits per heavy atom. The van der Waals surface area contributed by atoms with Gasteiger partial charge < -0.3 is 14.2 Å². The Hall–Kier alpha value is -3.39. The van der Waals surface area contributed by atoms with E-state index < -0.39 is 0 Å². The zero-order valence-electron chi connectivity index (χ0n) is 15.5. The lowest BCUT2D eigenvalue weighted by atomic mass is 10.2.